The Morgan fingerprint density at radius 3 is 2.48 bits per heavy atom. The first-order chi connectivity index (χ1) is 12.0. The highest BCUT2D eigenvalue weighted by Crippen LogP contribution is 2.38. The highest BCUT2D eigenvalue weighted by molar-refractivity contribution is 7.89. The van der Waals surface area contributed by atoms with Crippen LogP contribution in [0.2, 0.25) is 0 Å². The third-order valence-electron chi connectivity index (χ3n) is 4.85. The van der Waals surface area contributed by atoms with Crippen LogP contribution in [0.1, 0.15) is 17.0 Å². The molecule has 25 heavy (non-hydrogen) atoms. The molecule has 0 saturated carbocycles. The van der Waals surface area contributed by atoms with Gasteiger partial charge < -0.3 is 15.2 Å². The third-order valence-corrected chi connectivity index (χ3v) is 6.82. The van der Waals surface area contributed by atoms with Gasteiger partial charge in [-0.15, -0.1) is 0 Å². The molecule has 0 aromatic heterocycles. The van der Waals surface area contributed by atoms with Crippen LogP contribution in [-0.2, 0) is 10.0 Å². The van der Waals surface area contributed by atoms with E-state index in [-0.39, 0.29) is 23.6 Å². The summed E-state index contributed by atoms with van der Waals surface area (Å²) in [4.78, 5) is 0.248. The van der Waals surface area contributed by atoms with E-state index in [0.717, 1.165) is 5.56 Å². The van der Waals surface area contributed by atoms with Crippen molar-refractivity contribution < 1.29 is 17.9 Å². The van der Waals surface area contributed by atoms with E-state index in [9.17, 15) is 8.42 Å². The number of aryl methyl sites for hydroxylation is 1. The highest BCUT2D eigenvalue weighted by atomic mass is 32.2. The van der Waals surface area contributed by atoms with Crippen molar-refractivity contribution in [1.29, 1.82) is 0 Å². The fourth-order valence-electron chi connectivity index (χ4n) is 3.48. The molecule has 2 aliphatic rings. The second-order valence-corrected chi connectivity index (χ2v) is 8.38. The van der Waals surface area contributed by atoms with Gasteiger partial charge in [0.15, 0.2) is 11.5 Å². The van der Waals surface area contributed by atoms with Crippen LogP contribution in [0, 0.1) is 6.92 Å². The van der Waals surface area contributed by atoms with Crippen LogP contribution in [0.15, 0.2) is 47.4 Å². The minimum atomic E-state index is -3.65. The van der Waals surface area contributed by atoms with Crippen LogP contribution < -0.4 is 15.2 Å². The molecule has 1 fully saturated rings. The standard InChI is InChI=1S/C18H20N2O4S/c1-12-7-16-17(24-11-23-16)8-18(12)25(21,22)20-9-14(15(19)10-20)13-5-3-2-4-6-13/h2-8,14-15H,9-11,19H2,1H3/t14-,15+/m0/s1. The number of rotatable bonds is 3. The molecule has 0 unspecified atom stereocenters. The lowest BCUT2D eigenvalue weighted by atomic mass is 9.95. The predicted octanol–water partition coefficient (Wildman–Crippen LogP) is 1.84. The maximum absolute atomic E-state index is 13.2. The van der Waals surface area contributed by atoms with E-state index in [1.165, 1.54) is 4.31 Å². The molecule has 0 aliphatic carbocycles. The topological polar surface area (TPSA) is 81.9 Å². The number of nitrogens with two attached hydrogens (primary N) is 1. The summed E-state index contributed by atoms with van der Waals surface area (Å²) in [5.41, 5.74) is 7.96. The van der Waals surface area contributed by atoms with Crippen LogP contribution in [0.5, 0.6) is 11.5 Å². The Morgan fingerprint density at radius 1 is 1.08 bits per heavy atom. The number of hydrogen-bond acceptors (Lipinski definition) is 5. The summed E-state index contributed by atoms with van der Waals surface area (Å²) in [6, 6.07) is 12.8. The van der Waals surface area contributed by atoms with Crippen molar-refractivity contribution in [1.82, 2.24) is 4.31 Å². The van der Waals surface area contributed by atoms with Gasteiger partial charge >= 0.3 is 0 Å². The Labute approximate surface area is 147 Å². The van der Waals surface area contributed by atoms with Crippen molar-refractivity contribution in [3.8, 4) is 11.5 Å². The largest absolute Gasteiger partial charge is 0.454 e. The predicted molar refractivity (Wildman–Crippen MR) is 93.2 cm³/mol. The molecule has 2 aromatic rings. The number of sulfonamides is 1. The quantitative estimate of drug-likeness (QED) is 0.903. The number of hydrogen-bond donors (Lipinski definition) is 1. The smallest absolute Gasteiger partial charge is 0.243 e. The van der Waals surface area contributed by atoms with Gasteiger partial charge in [0.05, 0.1) is 4.90 Å². The van der Waals surface area contributed by atoms with Crippen LogP contribution in [0.25, 0.3) is 0 Å². The van der Waals surface area contributed by atoms with E-state index in [2.05, 4.69) is 0 Å². The molecule has 2 aliphatic heterocycles. The lowest BCUT2D eigenvalue weighted by Crippen LogP contribution is -2.32. The van der Waals surface area contributed by atoms with Gasteiger partial charge in [-0.25, -0.2) is 8.42 Å². The summed E-state index contributed by atoms with van der Waals surface area (Å²) in [6.07, 6.45) is 0. The minimum Gasteiger partial charge on any atom is -0.454 e. The number of fused-ring (bicyclic) bond motifs is 1. The molecule has 2 heterocycles. The summed E-state index contributed by atoms with van der Waals surface area (Å²) in [5.74, 6) is 1.04. The van der Waals surface area contributed by atoms with Gasteiger partial charge in [0, 0.05) is 31.1 Å². The van der Waals surface area contributed by atoms with E-state index in [4.69, 9.17) is 15.2 Å². The van der Waals surface area contributed by atoms with Gasteiger partial charge in [0.1, 0.15) is 0 Å². The zero-order valence-corrected chi connectivity index (χ0v) is 14.7. The van der Waals surface area contributed by atoms with Gasteiger partial charge in [-0.1, -0.05) is 30.3 Å². The SMILES string of the molecule is Cc1cc2c(cc1S(=O)(=O)N1C[C@@H](N)[C@H](c3ccccc3)C1)OCO2. The normalized spacial score (nSPS) is 23.1. The molecule has 2 aromatic carbocycles. The van der Waals surface area contributed by atoms with E-state index >= 15 is 0 Å². The van der Waals surface area contributed by atoms with Crippen molar-refractivity contribution >= 4 is 10.0 Å². The maximum Gasteiger partial charge on any atom is 0.243 e. The Bertz CT molecular complexity index is 899. The van der Waals surface area contributed by atoms with Crippen LogP contribution in [-0.4, -0.2) is 38.6 Å². The van der Waals surface area contributed by atoms with Gasteiger partial charge in [-0.05, 0) is 24.1 Å². The molecule has 0 bridgehead atoms. The molecule has 0 radical (unpaired) electrons. The first-order valence-electron chi connectivity index (χ1n) is 8.18. The van der Waals surface area contributed by atoms with Crippen molar-refractivity contribution in [2.45, 2.75) is 23.8 Å². The molecule has 132 valence electrons. The Kier molecular flexibility index (Phi) is 3.94. The fraction of sp³-hybridized carbons (Fsp3) is 0.333. The second kappa shape index (κ2) is 6.01. The lowest BCUT2D eigenvalue weighted by molar-refractivity contribution is 0.174. The van der Waals surface area contributed by atoms with E-state index in [1.54, 1.807) is 19.1 Å². The zero-order chi connectivity index (χ0) is 17.6. The molecular weight excluding hydrogens is 340 g/mol. The van der Waals surface area contributed by atoms with Crippen molar-refractivity contribution in [3.05, 3.63) is 53.6 Å². The molecule has 1 saturated heterocycles. The van der Waals surface area contributed by atoms with Crippen molar-refractivity contribution in [3.63, 3.8) is 0 Å². The molecular formula is C18H20N2O4S. The van der Waals surface area contributed by atoms with Crippen molar-refractivity contribution in [2.75, 3.05) is 19.9 Å². The lowest BCUT2D eigenvalue weighted by Gasteiger charge is -2.18. The number of ether oxygens (including phenoxy) is 2. The summed E-state index contributed by atoms with van der Waals surface area (Å²) in [5, 5.41) is 0. The van der Waals surface area contributed by atoms with Gasteiger partial charge in [-0.3, -0.25) is 0 Å². The number of nitrogens with zero attached hydrogens (tertiary/aromatic N) is 1. The second-order valence-electron chi connectivity index (χ2n) is 6.47. The molecule has 6 nitrogen and oxygen atoms in total. The summed E-state index contributed by atoms with van der Waals surface area (Å²) >= 11 is 0. The van der Waals surface area contributed by atoms with Gasteiger partial charge in [-0.2, -0.15) is 4.31 Å². The first kappa shape index (κ1) is 16.4. The average Bonchev–Trinajstić information content (AvgIpc) is 3.21. The molecule has 2 N–H and O–H groups in total. The third kappa shape index (κ3) is 2.78. The molecule has 0 amide bonds. The van der Waals surface area contributed by atoms with E-state index in [1.807, 2.05) is 30.3 Å². The monoisotopic (exact) mass is 360 g/mol. The van der Waals surface area contributed by atoms with Crippen LogP contribution in [0.3, 0.4) is 0 Å². The van der Waals surface area contributed by atoms with Crippen molar-refractivity contribution in [2.24, 2.45) is 5.73 Å². The van der Waals surface area contributed by atoms with Crippen LogP contribution in [0.4, 0.5) is 0 Å². The minimum absolute atomic E-state index is 0.00899. The fourth-order valence-corrected chi connectivity index (χ4v) is 5.21. The summed E-state index contributed by atoms with van der Waals surface area (Å²) < 4.78 is 38.4. The molecule has 2 atom stereocenters. The molecule has 4 rings (SSSR count). The Morgan fingerprint density at radius 2 is 1.76 bits per heavy atom. The summed E-state index contributed by atoms with van der Waals surface area (Å²) in [7, 11) is -3.65. The highest BCUT2D eigenvalue weighted by Gasteiger charge is 2.39. The van der Waals surface area contributed by atoms with Gasteiger partial charge in [0.25, 0.3) is 0 Å². The molecule has 0 spiro atoms. The summed E-state index contributed by atoms with van der Waals surface area (Å²) in [6.45, 7) is 2.56. The Balaban J connectivity index is 1.66. The molecule has 7 heteroatoms. The average molecular weight is 360 g/mol. The number of benzene rings is 2. The van der Waals surface area contributed by atoms with E-state index < -0.39 is 10.0 Å². The van der Waals surface area contributed by atoms with Gasteiger partial charge in [0.2, 0.25) is 16.8 Å². The first-order valence-corrected chi connectivity index (χ1v) is 9.62. The Hall–Kier alpha value is -2.09. The van der Waals surface area contributed by atoms with E-state index in [0.29, 0.717) is 30.2 Å². The van der Waals surface area contributed by atoms with Crippen LogP contribution >= 0.6 is 0 Å². The maximum atomic E-state index is 13.2. The zero-order valence-electron chi connectivity index (χ0n) is 13.9.